The van der Waals surface area contributed by atoms with Crippen molar-refractivity contribution in [3.8, 4) is 11.6 Å². The topological polar surface area (TPSA) is 91.2 Å². The Labute approximate surface area is 98.0 Å². The third-order valence-corrected chi connectivity index (χ3v) is 2.10. The Bertz CT molecular complexity index is 541. The molecule has 0 aliphatic rings. The molecule has 1 aromatic carbocycles. The van der Waals surface area contributed by atoms with E-state index in [2.05, 4.69) is 4.98 Å². The van der Waals surface area contributed by atoms with E-state index in [9.17, 15) is 4.79 Å². The molecule has 0 atom stereocenters. The first-order chi connectivity index (χ1) is 8.16. The van der Waals surface area contributed by atoms with Crippen LogP contribution in [-0.2, 0) is 0 Å². The second-order valence-electron chi connectivity index (χ2n) is 3.40. The summed E-state index contributed by atoms with van der Waals surface area (Å²) < 4.78 is 5.46. The lowest BCUT2D eigenvalue weighted by molar-refractivity contribution is 0.0997. The van der Waals surface area contributed by atoms with Gasteiger partial charge in [0.05, 0.1) is 11.9 Å². The Morgan fingerprint density at radius 1 is 1.24 bits per heavy atom. The van der Waals surface area contributed by atoms with Crippen LogP contribution in [0.25, 0.3) is 0 Å². The van der Waals surface area contributed by atoms with Gasteiger partial charge in [-0.15, -0.1) is 0 Å². The monoisotopic (exact) mass is 229 g/mol. The number of hydrogen-bond donors (Lipinski definition) is 2. The molecule has 1 heterocycles. The molecule has 0 aliphatic heterocycles. The van der Waals surface area contributed by atoms with Crippen LogP contribution < -0.4 is 16.2 Å². The van der Waals surface area contributed by atoms with Crippen LogP contribution in [0.3, 0.4) is 0 Å². The van der Waals surface area contributed by atoms with Crippen LogP contribution in [-0.4, -0.2) is 10.9 Å². The highest BCUT2D eigenvalue weighted by Crippen LogP contribution is 2.23. The van der Waals surface area contributed by atoms with Crippen LogP contribution >= 0.6 is 0 Å². The summed E-state index contributed by atoms with van der Waals surface area (Å²) in [5.41, 5.74) is 11.3. The molecule has 5 heteroatoms. The van der Waals surface area contributed by atoms with Crippen molar-refractivity contribution >= 4 is 11.6 Å². The van der Waals surface area contributed by atoms with E-state index in [1.54, 1.807) is 12.1 Å². The summed E-state index contributed by atoms with van der Waals surface area (Å²) in [4.78, 5) is 15.2. The fraction of sp³-hybridized carbons (Fsp3) is 0. The first kappa shape index (κ1) is 10.9. The number of pyridine rings is 1. The van der Waals surface area contributed by atoms with Crippen LogP contribution in [0.15, 0.2) is 42.6 Å². The molecule has 1 aromatic heterocycles. The number of ether oxygens (including phenoxy) is 1. The van der Waals surface area contributed by atoms with Crippen molar-refractivity contribution in [3.63, 3.8) is 0 Å². The van der Waals surface area contributed by atoms with Gasteiger partial charge in [-0.3, -0.25) is 4.79 Å². The van der Waals surface area contributed by atoms with Gasteiger partial charge in [-0.25, -0.2) is 4.98 Å². The summed E-state index contributed by atoms with van der Waals surface area (Å²) in [6.07, 6.45) is 1.41. The highest BCUT2D eigenvalue weighted by atomic mass is 16.5. The number of nitrogens with two attached hydrogens (primary N) is 2. The quantitative estimate of drug-likeness (QED) is 0.835. The summed E-state index contributed by atoms with van der Waals surface area (Å²) in [5, 5.41) is 0. The number of primary amides is 1. The fourth-order valence-corrected chi connectivity index (χ4v) is 1.33. The second-order valence-corrected chi connectivity index (χ2v) is 3.40. The largest absolute Gasteiger partial charge is 0.438 e. The van der Waals surface area contributed by atoms with Crippen LogP contribution in [0.5, 0.6) is 11.6 Å². The summed E-state index contributed by atoms with van der Waals surface area (Å²) in [7, 11) is 0. The number of carbonyl (C=O) groups excluding carboxylic acids is 1. The van der Waals surface area contributed by atoms with Crippen molar-refractivity contribution in [2.45, 2.75) is 0 Å². The molecule has 17 heavy (non-hydrogen) atoms. The SMILES string of the molecule is NC(=O)c1cc(N)cnc1Oc1ccccc1. The molecule has 0 spiro atoms. The number of nitrogen functional groups attached to an aromatic ring is 1. The van der Waals surface area contributed by atoms with Gasteiger partial charge in [0.25, 0.3) is 5.91 Å². The predicted molar refractivity (Wildman–Crippen MR) is 63.7 cm³/mol. The minimum atomic E-state index is -0.629. The van der Waals surface area contributed by atoms with E-state index in [4.69, 9.17) is 16.2 Å². The van der Waals surface area contributed by atoms with E-state index in [0.717, 1.165) is 0 Å². The van der Waals surface area contributed by atoms with Crippen molar-refractivity contribution in [1.29, 1.82) is 0 Å². The number of carbonyl (C=O) groups is 1. The molecule has 0 fully saturated rings. The Balaban J connectivity index is 2.36. The van der Waals surface area contributed by atoms with Gasteiger partial charge in [0.15, 0.2) is 0 Å². The zero-order valence-electron chi connectivity index (χ0n) is 8.96. The van der Waals surface area contributed by atoms with Crippen LogP contribution in [0.2, 0.25) is 0 Å². The maximum absolute atomic E-state index is 11.2. The third-order valence-electron chi connectivity index (χ3n) is 2.10. The van der Waals surface area contributed by atoms with E-state index in [1.165, 1.54) is 12.3 Å². The number of para-hydroxylation sites is 1. The molecule has 0 aliphatic carbocycles. The van der Waals surface area contributed by atoms with Gasteiger partial charge in [-0.05, 0) is 18.2 Å². The Morgan fingerprint density at radius 3 is 2.59 bits per heavy atom. The molecule has 0 unspecified atom stereocenters. The molecule has 86 valence electrons. The minimum absolute atomic E-state index is 0.151. The maximum atomic E-state index is 11.2. The minimum Gasteiger partial charge on any atom is -0.438 e. The number of benzene rings is 1. The van der Waals surface area contributed by atoms with Crippen LogP contribution in [0.1, 0.15) is 10.4 Å². The van der Waals surface area contributed by atoms with Crippen molar-refractivity contribution < 1.29 is 9.53 Å². The number of aromatic nitrogens is 1. The van der Waals surface area contributed by atoms with Crippen molar-refractivity contribution in [2.75, 3.05) is 5.73 Å². The molecule has 1 amide bonds. The molecule has 4 N–H and O–H groups in total. The highest BCUT2D eigenvalue weighted by Gasteiger charge is 2.12. The number of nitrogens with zero attached hydrogens (tertiary/aromatic N) is 1. The van der Waals surface area contributed by atoms with Gasteiger partial charge in [-0.1, -0.05) is 18.2 Å². The number of amides is 1. The fourth-order valence-electron chi connectivity index (χ4n) is 1.33. The average Bonchev–Trinajstić information content (AvgIpc) is 2.32. The normalized spacial score (nSPS) is 9.88. The van der Waals surface area contributed by atoms with Gasteiger partial charge in [0.2, 0.25) is 5.88 Å². The number of anilines is 1. The molecule has 0 bridgehead atoms. The van der Waals surface area contributed by atoms with Gasteiger partial charge < -0.3 is 16.2 Å². The van der Waals surface area contributed by atoms with E-state index in [-0.39, 0.29) is 11.4 Å². The summed E-state index contributed by atoms with van der Waals surface area (Å²) in [6.45, 7) is 0. The Kier molecular flexibility index (Phi) is 2.91. The maximum Gasteiger partial charge on any atom is 0.254 e. The highest BCUT2D eigenvalue weighted by molar-refractivity contribution is 5.95. The van der Waals surface area contributed by atoms with E-state index >= 15 is 0 Å². The second kappa shape index (κ2) is 4.52. The smallest absolute Gasteiger partial charge is 0.254 e. The van der Waals surface area contributed by atoms with Gasteiger partial charge in [0.1, 0.15) is 11.3 Å². The number of rotatable bonds is 3. The lowest BCUT2D eigenvalue weighted by Crippen LogP contribution is -2.13. The lowest BCUT2D eigenvalue weighted by atomic mass is 10.2. The molecule has 0 radical (unpaired) electrons. The zero-order chi connectivity index (χ0) is 12.3. The third kappa shape index (κ3) is 2.52. The van der Waals surface area contributed by atoms with Crippen molar-refractivity contribution in [2.24, 2.45) is 5.73 Å². The average molecular weight is 229 g/mol. The first-order valence-corrected chi connectivity index (χ1v) is 4.95. The van der Waals surface area contributed by atoms with Crippen molar-refractivity contribution in [1.82, 2.24) is 4.98 Å². The van der Waals surface area contributed by atoms with Gasteiger partial charge in [0, 0.05) is 0 Å². The summed E-state index contributed by atoms with van der Waals surface area (Å²) in [6, 6.07) is 10.4. The molecule has 2 aromatic rings. The first-order valence-electron chi connectivity index (χ1n) is 4.95. The lowest BCUT2D eigenvalue weighted by Gasteiger charge is -2.08. The van der Waals surface area contributed by atoms with Crippen LogP contribution in [0, 0.1) is 0 Å². The Hall–Kier alpha value is -2.56. The molecule has 5 nitrogen and oxygen atoms in total. The Morgan fingerprint density at radius 2 is 1.94 bits per heavy atom. The van der Waals surface area contributed by atoms with E-state index in [1.807, 2.05) is 18.2 Å². The zero-order valence-corrected chi connectivity index (χ0v) is 8.96. The molecular weight excluding hydrogens is 218 g/mol. The van der Waals surface area contributed by atoms with Gasteiger partial charge in [-0.2, -0.15) is 0 Å². The van der Waals surface area contributed by atoms with Gasteiger partial charge >= 0.3 is 0 Å². The summed E-state index contributed by atoms with van der Waals surface area (Å²) in [5.74, 6) is 0.0981. The molecule has 0 saturated carbocycles. The summed E-state index contributed by atoms with van der Waals surface area (Å²) >= 11 is 0. The van der Waals surface area contributed by atoms with Crippen LogP contribution in [0.4, 0.5) is 5.69 Å². The standard InChI is InChI=1S/C12H11N3O2/c13-8-6-10(11(14)16)12(15-7-8)17-9-4-2-1-3-5-9/h1-7H,13H2,(H2,14,16). The van der Waals surface area contributed by atoms with Crippen molar-refractivity contribution in [3.05, 3.63) is 48.2 Å². The molecule has 2 rings (SSSR count). The predicted octanol–water partition coefficient (Wildman–Crippen LogP) is 1.55. The number of hydrogen-bond acceptors (Lipinski definition) is 4. The van der Waals surface area contributed by atoms with E-state index in [0.29, 0.717) is 11.4 Å². The van der Waals surface area contributed by atoms with E-state index < -0.39 is 5.91 Å². The molecular formula is C12H11N3O2. The molecule has 0 saturated heterocycles.